The van der Waals surface area contributed by atoms with Gasteiger partial charge in [-0.05, 0) is 30.5 Å². The van der Waals surface area contributed by atoms with Crippen LogP contribution in [0.2, 0.25) is 5.15 Å². The van der Waals surface area contributed by atoms with Crippen LogP contribution in [0, 0.1) is 6.92 Å². The molecule has 1 aromatic heterocycles. The number of benzene rings is 1. The molecular weight excluding hydrogens is 220 g/mol. The fraction of sp³-hybridized carbons (Fsp3) is 0.308. The second-order valence-electron chi connectivity index (χ2n) is 4.24. The van der Waals surface area contributed by atoms with Gasteiger partial charge >= 0.3 is 0 Å². The van der Waals surface area contributed by atoms with Gasteiger partial charge in [0, 0.05) is 0 Å². The van der Waals surface area contributed by atoms with E-state index < -0.39 is 0 Å². The molecule has 1 heterocycles. The fourth-order valence-corrected chi connectivity index (χ4v) is 1.87. The van der Waals surface area contributed by atoms with E-state index in [0.717, 1.165) is 11.4 Å². The van der Waals surface area contributed by atoms with Crippen molar-refractivity contribution >= 4 is 11.6 Å². The van der Waals surface area contributed by atoms with Gasteiger partial charge < -0.3 is 0 Å². The van der Waals surface area contributed by atoms with Gasteiger partial charge in [0.05, 0.1) is 11.4 Å². The summed E-state index contributed by atoms with van der Waals surface area (Å²) in [4.78, 5) is 0. The highest BCUT2D eigenvalue weighted by molar-refractivity contribution is 6.29. The molecule has 3 heteroatoms. The maximum absolute atomic E-state index is 6.20. The molecule has 0 N–H and O–H groups in total. The van der Waals surface area contributed by atoms with Crippen molar-refractivity contribution in [3.63, 3.8) is 0 Å². The first-order chi connectivity index (χ1) is 7.59. The molecule has 0 aliphatic rings. The van der Waals surface area contributed by atoms with Gasteiger partial charge in [0.1, 0.15) is 5.15 Å². The van der Waals surface area contributed by atoms with Gasteiger partial charge in [0.25, 0.3) is 0 Å². The topological polar surface area (TPSA) is 17.8 Å². The number of halogens is 1. The van der Waals surface area contributed by atoms with Gasteiger partial charge in [-0.15, -0.1) is 0 Å². The van der Waals surface area contributed by atoms with Crippen LogP contribution in [0.25, 0.3) is 5.69 Å². The number of hydrogen-bond donors (Lipinski definition) is 0. The Balaban J connectivity index is 2.52. The van der Waals surface area contributed by atoms with Crippen LogP contribution in [-0.2, 0) is 0 Å². The number of hydrogen-bond acceptors (Lipinski definition) is 1. The van der Waals surface area contributed by atoms with E-state index in [9.17, 15) is 0 Å². The number of nitrogens with zero attached hydrogens (tertiary/aromatic N) is 2. The molecule has 0 bridgehead atoms. The van der Waals surface area contributed by atoms with Crippen molar-refractivity contribution in [3.8, 4) is 5.69 Å². The van der Waals surface area contributed by atoms with Crippen LogP contribution in [0.3, 0.4) is 0 Å². The predicted molar refractivity (Wildman–Crippen MR) is 67.4 cm³/mol. The Bertz CT molecular complexity index is 500. The van der Waals surface area contributed by atoms with Crippen LogP contribution in [0.5, 0.6) is 0 Å². The van der Waals surface area contributed by atoms with E-state index in [-0.39, 0.29) is 0 Å². The van der Waals surface area contributed by atoms with Crippen LogP contribution in [0.1, 0.15) is 31.0 Å². The molecule has 2 rings (SSSR count). The molecule has 0 saturated heterocycles. The summed E-state index contributed by atoms with van der Waals surface area (Å²) in [6.45, 7) is 6.28. The highest BCUT2D eigenvalue weighted by Crippen LogP contribution is 2.23. The van der Waals surface area contributed by atoms with Crippen molar-refractivity contribution in [3.05, 3.63) is 46.7 Å². The number of aryl methyl sites for hydroxylation is 1. The molecule has 2 aromatic rings. The first kappa shape index (κ1) is 11.2. The summed E-state index contributed by atoms with van der Waals surface area (Å²) in [5.41, 5.74) is 3.23. The van der Waals surface area contributed by atoms with E-state index in [4.69, 9.17) is 11.6 Å². The second kappa shape index (κ2) is 4.30. The molecule has 0 aliphatic carbocycles. The van der Waals surface area contributed by atoms with Crippen molar-refractivity contribution < 1.29 is 0 Å². The zero-order valence-corrected chi connectivity index (χ0v) is 10.5. The molecule has 0 amide bonds. The molecule has 2 nitrogen and oxygen atoms in total. The summed E-state index contributed by atoms with van der Waals surface area (Å²) in [7, 11) is 0. The lowest BCUT2D eigenvalue weighted by atomic mass is 10.1. The van der Waals surface area contributed by atoms with Gasteiger partial charge in [-0.25, -0.2) is 4.68 Å². The highest BCUT2D eigenvalue weighted by atomic mass is 35.5. The van der Waals surface area contributed by atoms with E-state index >= 15 is 0 Å². The van der Waals surface area contributed by atoms with Crippen molar-refractivity contribution in [2.75, 3.05) is 0 Å². The van der Waals surface area contributed by atoms with E-state index in [0.29, 0.717) is 11.1 Å². The van der Waals surface area contributed by atoms with Gasteiger partial charge in [0.2, 0.25) is 0 Å². The summed E-state index contributed by atoms with van der Waals surface area (Å²) >= 11 is 6.20. The summed E-state index contributed by atoms with van der Waals surface area (Å²) in [6, 6.07) is 10.0. The molecule has 0 radical (unpaired) electrons. The lowest BCUT2D eigenvalue weighted by Crippen LogP contribution is -2.00. The Hall–Kier alpha value is -1.28. The van der Waals surface area contributed by atoms with Crippen LogP contribution in [-0.4, -0.2) is 9.78 Å². The minimum Gasteiger partial charge on any atom is -0.222 e. The standard InChI is InChI=1S/C13H15ClN2/c1-9(2)11-8-13(14)16(15-11)12-7-5-4-6-10(12)3/h4-9H,1-3H3. The van der Waals surface area contributed by atoms with Crippen molar-refractivity contribution in [1.29, 1.82) is 0 Å². The maximum Gasteiger partial charge on any atom is 0.133 e. The molecule has 0 atom stereocenters. The third-order valence-corrected chi connectivity index (χ3v) is 2.89. The minimum absolute atomic E-state index is 0.391. The van der Waals surface area contributed by atoms with E-state index in [2.05, 4.69) is 31.9 Å². The van der Waals surface area contributed by atoms with Gasteiger partial charge in [-0.3, -0.25) is 0 Å². The molecule has 0 fully saturated rings. The summed E-state index contributed by atoms with van der Waals surface area (Å²) in [5.74, 6) is 0.391. The van der Waals surface area contributed by atoms with Gasteiger partial charge in [-0.2, -0.15) is 5.10 Å². The molecule has 0 spiro atoms. The third-order valence-electron chi connectivity index (χ3n) is 2.62. The minimum atomic E-state index is 0.391. The first-order valence-electron chi connectivity index (χ1n) is 5.41. The molecule has 0 unspecified atom stereocenters. The number of para-hydroxylation sites is 1. The van der Waals surface area contributed by atoms with Crippen LogP contribution >= 0.6 is 11.6 Å². The van der Waals surface area contributed by atoms with E-state index in [1.54, 1.807) is 4.68 Å². The van der Waals surface area contributed by atoms with Crippen LogP contribution in [0.15, 0.2) is 30.3 Å². The lowest BCUT2D eigenvalue weighted by Gasteiger charge is -2.06. The molecular formula is C13H15ClN2. The molecule has 16 heavy (non-hydrogen) atoms. The third kappa shape index (κ3) is 1.98. The Morgan fingerprint density at radius 2 is 1.94 bits per heavy atom. The lowest BCUT2D eigenvalue weighted by molar-refractivity contribution is 0.766. The van der Waals surface area contributed by atoms with Crippen molar-refractivity contribution in [1.82, 2.24) is 9.78 Å². The second-order valence-corrected chi connectivity index (χ2v) is 4.63. The van der Waals surface area contributed by atoms with Crippen molar-refractivity contribution in [2.45, 2.75) is 26.7 Å². The van der Waals surface area contributed by atoms with Crippen LogP contribution < -0.4 is 0 Å². The van der Waals surface area contributed by atoms with Crippen LogP contribution in [0.4, 0.5) is 0 Å². The Labute approximate surface area is 101 Å². The smallest absolute Gasteiger partial charge is 0.133 e. The maximum atomic E-state index is 6.20. The molecule has 84 valence electrons. The average molecular weight is 235 g/mol. The number of rotatable bonds is 2. The largest absolute Gasteiger partial charge is 0.222 e. The average Bonchev–Trinajstić information content (AvgIpc) is 2.61. The molecule has 1 aromatic carbocycles. The SMILES string of the molecule is Cc1ccccc1-n1nc(C(C)C)cc1Cl. The quantitative estimate of drug-likeness (QED) is 0.769. The summed E-state index contributed by atoms with van der Waals surface area (Å²) < 4.78 is 1.80. The predicted octanol–water partition coefficient (Wildman–Crippen LogP) is 3.96. The van der Waals surface area contributed by atoms with E-state index in [1.807, 2.05) is 24.3 Å². The van der Waals surface area contributed by atoms with Gasteiger partial charge in [-0.1, -0.05) is 43.6 Å². The normalized spacial score (nSPS) is 11.1. The number of aromatic nitrogens is 2. The van der Waals surface area contributed by atoms with E-state index in [1.165, 1.54) is 5.56 Å². The van der Waals surface area contributed by atoms with Gasteiger partial charge in [0.15, 0.2) is 0 Å². The Morgan fingerprint density at radius 3 is 2.50 bits per heavy atom. The molecule has 0 aliphatic heterocycles. The summed E-state index contributed by atoms with van der Waals surface area (Å²) in [5, 5.41) is 5.19. The Morgan fingerprint density at radius 1 is 1.25 bits per heavy atom. The fourth-order valence-electron chi connectivity index (χ4n) is 1.63. The zero-order valence-electron chi connectivity index (χ0n) is 9.74. The monoisotopic (exact) mass is 234 g/mol. The molecule has 0 saturated carbocycles. The first-order valence-corrected chi connectivity index (χ1v) is 5.79. The van der Waals surface area contributed by atoms with Crippen molar-refractivity contribution in [2.24, 2.45) is 0 Å². The zero-order chi connectivity index (χ0) is 11.7. The highest BCUT2D eigenvalue weighted by Gasteiger charge is 2.11. The Kier molecular flexibility index (Phi) is 3.01. The summed E-state index contributed by atoms with van der Waals surface area (Å²) in [6.07, 6.45) is 0.